The van der Waals surface area contributed by atoms with E-state index in [1.54, 1.807) is 4.68 Å². The topological polar surface area (TPSA) is 74.8 Å². The van der Waals surface area contributed by atoms with Gasteiger partial charge in [-0.3, -0.25) is 4.79 Å². The SMILES string of the molecule is Cc1cccc(-n2nnnc2SCC(=O)c2cc(C)n(C[C@@H]3CCCO3)c2C)c1. The van der Waals surface area contributed by atoms with Crippen molar-refractivity contribution in [1.29, 1.82) is 0 Å². The second kappa shape index (κ2) is 8.51. The van der Waals surface area contributed by atoms with Crippen LogP contribution in [-0.4, -0.2) is 49.0 Å². The molecule has 7 nitrogen and oxygen atoms in total. The van der Waals surface area contributed by atoms with Gasteiger partial charge in [0.05, 0.1) is 17.5 Å². The van der Waals surface area contributed by atoms with Gasteiger partial charge in [0.1, 0.15) is 0 Å². The summed E-state index contributed by atoms with van der Waals surface area (Å²) in [6.07, 6.45) is 2.44. The van der Waals surface area contributed by atoms with Gasteiger partial charge in [0, 0.05) is 30.1 Å². The van der Waals surface area contributed by atoms with Crippen molar-refractivity contribution in [3.8, 4) is 5.69 Å². The van der Waals surface area contributed by atoms with Crippen molar-refractivity contribution in [2.75, 3.05) is 12.4 Å². The molecule has 1 aliphatic heterocycles. The van der Waals surface area contributed by atoms with Crippen molar-refractivity contribution in [2.24, 2.45) is 0 Å². The molecule has 0 radical (unpaired) electrons. The molecule has 0 spiro atoms. The number of nitrogens with zero attached hydrogens (tertiary/aromatic N) is 5. The van der Waals surface area contributed by atoms with E-state index >= 15 is 0 Å². The van der Waals surface area contributed by atoms with Gasteiger partial charge in [-0.15, -0.1) is 5.10 Å². The summed E-state index contributed by atoms with van der Waals surface area (Å²) in [5.74, 6) is 0.372. The molecule has 0 bridgehead atoms. The monoisotopic (exact) mass is 411 g/mol. The van der Waals surface area contributed by atoms with Gasteiger partial charge in [-0.1, -0.05) is 23.9 Å². The van der Waals surface area contributed by atoms with Crippen LogP contribution in [0.15, 0.2) is 35.5 Å². The molecule has 0 amide bonds. The van der Waals surface area contributed by atoms with Crippen molar-refractivity contribution >= 4 is 17.5 Å². The number of hydrogen-bond acceptors (Lipinski definition) is 6. The lowest BCUT2D eigenvalue weighted by molar-refractivity contribution is 0.0957. The van der Waals surface area contributed by atoms with E-state index in [2.05, 4.69) is 20.1 Å². The highest BCUT2D eigenvalue weighted by Crippen LogP contribution is 2.24. The van der Waals surface area contributed by atoms with Crippen molar-refractivity contribution in [3.05, 3.63) is 52.8 Å². The van der Waals surface area contributed by atoms with Gasteiger partial charge < -0.3 is 9.30 Å². The smallest absolute Gasteiger partial charge is 0.214 e. The predicted molar refractivity (Wildman–Crippen MR) is 112 cm³/mol. The summed E-state index contributed by atoms with van der Waals surface area (Å²) in [5, 5.41) is 12.6. The lowest BCUT2D eigenvalue weighted by atomic mass is 10.2. The van der Waals surface area contributed by atoms with Gasteiger partial charge in [-0.05, 0) is 67.8 Å². The second-order valence-corrected chi connectivity index (χ2v) is 8.40. The fourth-order valence-corrected chi connectivity index (χ4v) is 4.53. The van der Waals surface area contributed by atoms with E-state index in [1.807, 2.05) is 51.1 Å². The number of aromatic nitrogens is 5. The van der Waals surface area contributed by atoms with Crippen molar-refractivity contribution in [1.82, 2.24) is 24.8 Å². The highest BCUT2D eigenvalue weighted by Gasteiger charge is 2.21. The third kappa shape index (κ3) is 4.28. The van der Waals surface area contributed by atoms with Gasteiger partial charge in [-0.25, -0.2) is 0 Å². The lowest BCUT2D eigenvalue weighted by Gasteiger charge is -2.14. The third-order valence-corrected chi connectivity index (χ3v) is 6.22. The summed E-state index contributed by atoms with van der Waals surface area (Å²) in [4.78, 5) is 12.9. The molecule has 1 aliphatic rings. The summed E-state index contributed by atoms with van der Waals surface area (Å²) in [5.41, 5.74) is 4.88. The van der Waals surface area contributed by atoms with Crippen LogP contribution in [0.25, 0.3) is 5.69 Å². The average molecular weight is 412 g/mol. The molecule has 3 aromatic rings. The number of Topliss-reactive ketones (excluding diaryl/α,β-unsaturated/α-hetero) is 1. The molecule has 1 fully saturated rings. The first kappa shape index (κ1) is 19.8. The van der Waals surface area contributed by atoms with Gasteiger partial charge in [0.2, 0.25) is 5.16 Å². The molecule has 1 atom stereocenters. The number of aryl methyl sites for hydroxylation is 2. The molecule has 0 unspecified atom stereocenters. The van der Waals surface area contributed by atoms with Crippen LogP contribution >= 0.6 is 11.8 Å². The van der Waals surface area contributed by atoms with Crippen LogP contribution in [-0.2, 0) is 11.3 Å². The van der Waals surface area contributed by atoms with Crippen LogP contribution in [0.1, 0.15) is 40.2 Å². The summed E-state index contributed by atoms with van der Waals surface area (Å²) in [7, 11) is 0. The molecule has 1 aromatic carbocycles. The lowest BCUT2D eigenvalue weighted by Crippen LogP contribution is -2.17. The third-order valence-electron chi connectivity index (χ3n) is 5.30. The first-order chi connectivity index (χ1) is 14.0. The largest absolute Gasteiger partial charge is 0.376 e. The molecule has 29 heavy (non-hydrogen) atoms. The maximum atomic E-state index is 12.9. The number of benzene rings is 1. The van der Waals surface area contributed by atoms with Crippen LogP contribution in [0.3, 0.4) is 0 Å². The normalized spacial score (nSPS) is 16.4. The number of rotatable bonds is 7. The number of tetrazole rings is 1. The van der Waals surface area contributed by atoms with Gasteiger partial charge in [0.25, 0.3) is 0 Å². The summed E-state index contributed by atoms with van der Waals surface area (Å²) >= 11 is 1.36. The standard InChI is InChI=1S/C21H25N5O2S/c1-14-6-4-7-17(10-14)26-21(22-23-24-26)29-13-20(27)19-11-15(2)25(16(19)3)12-18-8-5-9-28-18/h4,6-7,10-11,18H,5,8-9,12-13H2,1-3H3/t18-/m0/s1. The molecular formula is C21H25N5O2S. The highest BCUT2D eigenvalue weighted by molar-refractivity contribution is 7.99. The number of hydrogen-bond donors (Lipinski definition) is 0. The van der Waals surface area contributed by atoms with Crippen molar-refractivity contribution in [2.45, 2.75) is 51.4 Å². The van der Waals surface area contributed by atoms with Crippen LogP contribution in [0.5, 0.6) is 0 Å². The molecule has 8 heteroatoms. The number of ether oxygens (including phenoxy) is 1. The minimum absolute atomic E-state index is 0.0838. The van der Waals surface area contributed by atoms with Crippen LogP contribution in [0.4, 0.5) is 0 Å². The Bertz CT molecular complexity index is 1020. The quantitative estimate of drug-likeness (QED) is 0.437. The molecule has 152 valence electrons. The summed E-state index contributed by atoms with van der Waals surface area (Å²) in [6.45, 7) is 7.73. The number of carbonyl (C=O) groups excluding carboxylic acids is 1. The summed E-state index contributed by atoms with van der Waals surface area (Å²) < 4.78 is 9.63. The maximum absolute atomic E-state index is 12.9. The van der Waals surface area contributed by atoms with Gasteiger partial charge in [0.15, 0.2) is 5.78 Å². The minimum atomic E-state index is 0.0838. The first-order valence-corrected chi connectivity index (χ1v) is 10.8. The van der Waals surface area contributed by atoms with E-state index in [0.29, 0.717) is 5.16 Å². The Morgan fingerprint density at radius 1 is 1.28 bits per heavy atom. The van der Waals surface area contributed by atoms with Crippen molar-refractivity contribution < 1.29 is 9.53 Å². The minimum Gasteiger partial charge on any atom is -0.376 e. The molecule has 2 aromatic heterocycles. The predicted octanol–water partition coefficient (Wildman–Crippen LogP) is 3.54. The zero-order valence-electron chi connectivity index (χ0n) is 17.0. The molecule has 0 saturated carbocycles. The number of thioether (sulfide) groups is 1. The molecule has 0 N–H and O–H groups in total. The Balaban J connectivity index is 1.46. The molecular weight excluding hydrogens is 386 g/mol. The van der Waals surface area contributed by atoms with E-state index in [0.717, 1.165) is 54.2 Å². The van der Waals surface area contributed by atoms with E-state index < -0.39 is 0 Å². The van der Waals surface area contributed by atoms with Crippen LogP contribution in [0.2, 0.25) is 0 Å². The second-order valence-electron chi connectivity index (χ2n) is 7.45. The molecule has 1 saturated heterocycles. The average Bonchev–Trinajstić information content (AvgIpc) is 3.44. The van der Waals surface area contributed by atoms with E-state index in [9.17, 15) is 4.79 Å². The Morgan fingerprint density at radius 3 is 2.90 bits per heavy atom. The van der Waals surface area contributed by atoms with E-state index in [1.165, 1.54) is 11.8 Å². The van der Waals surface area contributed by atoms with E-state index in [4.69, 9.17) is 4.74 Å². The molecule has 4 rings (SSSR count). The van der Waals surface area contributed by atoms with Crippen LogP contribution in [0, 0.1) is 20.8 Å². The molecule has 0 aliphatic carbocycles. The van der Waals surface area contributed by atoms with Gasteiger partial charge in [-0.2, -0.15) is 4.68 Å². The Morgan fingerprint density at radius 2 is 2.14 bits per heavy atom. The number of ketones is 1. The fourth-order valence-electron chi connectivity index (χ4n) is 3.75. The van der Waals surface area contributed by atoms with E-state index in [-0.39, 0.29) is 17.6 Å². The Hall–Kier alpha value is -2.45. The highest BCUT2D eigenvalue weighted by atomic mass is 32.2. The maximum Gasteiger partial charge on any atom is 0.214 e. The van der Waals surface area contributed by atoms with Crippen molar-refractivity contribution in [3.63, 3.8) is 0 Å². The number of carbonyl (C=O) groups is 1. The Labute approximate surface area is 174 Å². The fraction of sp³-hybridized carbons (Fsp3) is 0.429. The summed E-state index contributed by atoms with van der Waals surface area (Å²) in [6, 6.07) is 9.94. The Kier molecular flexibility index (Phi) is 5.82. The zero-order chi connectivity index (χ0) is 20.4. The molecule has 3 heterocycles. The zero-order valence-corrected chi connectivity index (χ0v) is 17.8. The first-order valence-electron chi connectivity index (χ1n) is 9.82. The van der Waals surface area contributed by atoms with Crippen LogP contribution < -0.4 is 0 Å². The van der Waals surface area contributed by atoms with Gasteiger partial charge >= 0.3 is 0 Å².